The molecule has 0 bridgehead atoms. The summed E-state index contributed by atoms with van der Waals surface area (Å²) in [6, 6.07) is 17.8. The molecule has 2 aromatic rings. The normalized spacial score (nSPS) is 20.9. The lowest BCUT2D eigenvalue weighted by molar-refractivity contribution is -0.0521. The number of benzene rings is 2. The third-order valence-corrected chi connectivity index (χ3v) is 6.48. The lowest BCUT2D eigenvalue weighted by Gasteiger charge is -2.50. The van der Waals surface area contributed by atoms with Crippen LogP contribution in [0, 0.1) is 5.82 Å². The second kappa shape index (κ2) is 9.17. The SMILES string of the molecule is Fc1cccc(CCC2(N3CCN(Cc4ccccc4)CC3)CCOCC2)c1. The van der Waals surface area contributed by atoms with Gasteiger partial charge in [0, 0.05) is 51.5 Å². The smallest absolute Gasteiger partial charge is 0.123 e. The van der Waals surface area contributed by atoms with E-state index in [4.69, 9.17) is 4.74 Å². The summed E-state index contributed by atoms with van der Waals surface area (Å²) in [4.78, 5) is 5.27. The van der Waals surface area contributed by atoms with Crippen LogP contribution in [0.3, 0.4) is 0 Å². The number of piperazine rings is 1. The Morgan fingerprint density at radius 3 is 2.29 bits per heavy atom. The molecular weight excluding hydrogens is 351 g/mol. The summed E-state index contributed by atoms with van der Waals surface area (Å²) >= 11 is 0. The lowest BCUT2D eigenvalue weighted by atomic mass is 9.82. The molecule has 2 aliphatic heterocycles. The van der Waals surface area contributed by atoms with Gasteiger partial charge in [-0.3, -0.25) is 9.80 Å². The van der Waals surface area contributed by atoms with Crippen molar-refractivity contribution in [3.63, 3.8) is 0 Å². The largest absolute Gasteiger partial charge is 0.381 e. The number of hydrogen-bond acceptors (Lipinski definition) is 3. The van der Waals surface area contributed by atoms with E-state index < -0.39 is 0 Å². The van der Waals surface area contributed by atoms with Crippen LogP contribution < -0.4 is 0 Å². The number of nitrogens with zero attached hydrogens (tertiary/aromatic N) is 2. The lowest BCUT2D eigenvalue weighted by Crippen LogP contribution is -2.59. The number of halogens is 1. The molecule has 0 unspecified atom stereocenters. The molecule has 2 saturated heterocycles. The maximum absolute atomic E-state index is 13.6. The molecule has 0 spiro atoms. The van der Waals surface area contributed by atoms with Crippen LogP contribution in [0.4, 0.5) is 4.39 Å². The van der Waals surface area contributed by atoms with Gasteiger partial charge in [0.25, 0.3) is 0 Å². The van der Waals surface area contributed by atoms with Gasteiger partial charge in [-0.25, -0.2) is 4.39 Å². The molecule has 28 heavy (non-hydrogen) atoms. The van der Waals surface area contributed by atoms with E-state index in [1.807, 2.05) is 12.1 Å². The van der Waals surface area contributed by atoms with Crippen molar-refractivity contribution in [1.82, 2.24) is 9.80 Å². The molecule has 0 saturated carbocycles. The molecule has 2 fully saturated rings. The van der Waals surface area contributed by atoms with Crippen LogP contribution in [-0.4, -0.2) is 54.7 Å². The van der Waals surface area contributed by atoms with Crippen LogP contribution in [0.15, 0.2) is 54.6 Å². The Balaban J connectivity index is 1.37. The van der Waals surface area contributed by atoms with Gasteiger partial charge in [-0.1, -0.05) is 42.5 Å². The highest BCUT2D eigenvalue weighted by molar-refractivity contribution is 5.17. The van der Waals surface area contributed by atoms with Crippen molar-refractivity contribution in [3.8, 4) is 0 Å². The third kappa shape index (κ3) is 4.80. The molecule has 0 radical (unpaired) electrons. The van der Waals surface area contributed by atoms with Gasteiger partial charge in [0.05, 0.1) is 0 Å². The van der Waals surface area contributed by atoms with Crippen molar-refractivity contribution < 1.29 is 9.13 Å². The summed E-state index contributed by atoms with van der Waals surface area (Å²) in [7, 11) is 0. The first kappa shape index (κ1) is 19.6. The molecule has 2 aliphatic rings. The Bertz CT molecular complexity index is 737. The molecule has 2 aromatic carbocycles. The zero-order chi connectivity index (χ0) is 19.2. The number of aryl methyl sites for hydroxylation is 1. The van der Waals surface area contributed by atoms with E-state index in [1.54, 1.807) is 6.07 Å². The molecule has 0 N–H and O–H groups in total. The summed E-state index contributed by atoms with van der Waals surface area (Å²) in [6.07, 6.45) is 4.18. The zero-order valence-electron chi connectivity index (χ0n) is 16.7. The molecule has 2 heterocycles. The maximum Gasteiger partial charge on any atom is 0.123 e. The highest BCUT2D eigenvalue weighted by atomic mass is 19.1. The zero-order valence-corrected chi connectivity index (χ0v) is 16.7. The molecule has 0 aromatic heterocycles. The molecule has 0 amide bonds. The van der Waals surface area contributed by atoms with Crippen LogP contribution in [0.2, 0.25) is 0 Å². The first-order valence-corrected chi connectivity index (χ1v) is 10.6. The fourth-order valence-corrected chi connectivity index (χ4v) is 4.77. The summed E-state index contributed by atoms with van der Waals surface area (Å²) < 4.78 is 19.3. The second-order valence-electron chi connectivity index (χ2n) is 8.22. The molecule has 4 rings (SSSR count). The number of ether oxygens (including phenoxy) is 1. The first-order chi connectivity index (χ1) is 13.7. The van der Waals surface area contributed by atoms with Crippen molar-refractivity contribution in [2.24, 2.45) is 0 Å². The fraction of sp³-hybridized carbons (Fsp3) is 0.500. The fourth-order valence-electron chi connectivity index (χ4n) is 4.77. The maximum atomic E-state index is 13.6. The Morgan fingerprint density at radius 1 is 0.857 bits per heavy atom. The minimum absolute atomic E-state index is 0.131. The van der Waals surface area contributed by atoms with Crippen molar-refractivity contribution in [2.45, 2.75) is 37.8 Å². The Morgan fingerprint density at radius 2 is 1.57 bits per heavy atom. The van der Waals surface area contributed by atoms with Crippen molar-refractivity contribution in [1.29, 1.82) is 0 Å². The van der Waals surface area contributed by atoms with Gasteiger partial charge in [0.1, 0.15) is 5.82 Å². The molecule has 0 aliphatic carbocycles. The van der Waals surface area contributed by atoms with Gasteiger partial charge in [0.15, 0.2) is 0 Å². The van der Waals surface area contributed by atoms with E-state index in [-0.39, 0.29) is 11.4 Å². The van der Waals surface area contributed by atoms with Crippen LogP contribution in [0.5, 0.6) is 0 Å². The monoisotopic (exact) mass is 382 g/mol. The van der Waals surface area contributed by atoms with E-state index in [0.29, 0.717) is 0 Å². The average molecular weight is 383 g/mol. The highest BCUT2D eigenvalue weighted by Gasteiger charge is 2.39. The predicted octanol–water partition coefficient (Wildman–Crippen LogP) is 4.13. The minimum Gasteiger partial charge on any atom is -0.381 e. The Hall–Kier alpha value is -1.75. The molecule has 3 nitrogen and oxygen atoms in total. The van der Waals surface area contributed by atoms with Gasteiger partial charge in [-0.2, -0.15) is 0 Å². The summed E-state index contributed by atoms with van der Waals surface area (Å²) in [5.74, 6) is -0.131. The van der Waals surface area contributed by atoms with Gasteiger partial charge < -0.3 is 4.74 Å². The average Bonchev–Trinajstić information content (AvgIpc) is 2.74. The second-order valence-corrected chi connectivity index (χ2v) is 8.22. The summed E-state index contributed by atoms with van der Waals surface area (Å²) in [5, 5.41) is 0. The standard InChI is InChI=1S/C24H31FN2O/c25-23-8-4-7-21(19-23)9-10-24(11-17-28-18-12-24)27-15-13-26(14-16-27)20-22-5-2-1-3-6-22/h1-8,19H,9-18,20H2. The van der Waals surface area contributed by atoms with Crippen molar-refractivity contribution in [3.05, 3.63) is 71.5 Å². The topological polar surface area (TPSA) is 15.7 Å². The first-order valence-electron chi connectivity index (χ1n) is 10.6. The van der Waals surface area contributed by atoms with Crippen LogP contribution >= 0.6 is 0 Å². The molecule has 0 atom stereocenters. The van der Waals surface area contributed by atoms with Gasteiger partial charge in [-0.05, 0) is 48.9 Å². The van der Waals surface area contributed by atoms with E-state index in [2.05, 4.69) is 40.1 Å². The van der Waals surface area contributed by atoms with Crippen LogP contribution in [-0.2, 0) is 17.7 Å². The van der Waals surface area contributed by atoms with E-state index in [0.717, 1.165) is 77.2 Å². The van der Waals surface area contributed by atoms with Crippen molar-refractivity contribution in [2.75, 3.05) is 39.4 Å². The van der Waals surface area contributed by atoms with Gasteiger partial charge >= 0.3 is 0 Å². The quantitative estimate of drug-likeness (QED) is 0.747. The van der Waals surface area contributed by atoms with E-state index in [9.17, 15) is 4.39 Å². The molecule has 150 valence electrons. The highest BCUT2D eigenvalue weighted by Crippen LogP contribution is 2.34. The van der Waals surface area contributed by atoms with E-state index in [1.165, 1.54) is 11.6 Å². The number of hydrogen-bond donors (Lipinski definition) is 0. The van der Waals surface area contributed by atoms with Crippen molar-refractivity contribution >= 4 is 0 Å². The Kier molecular flexibility index (Phi) is 6.40. The molecular formula is C24H31FN2O. The summed E-state index contributed by atoms with van der Waals surface area (Å²) in [5.41, 5.74) is 2.69. The Labute approximate surface area is 168 Å². The predicted molar refractivity (Wildman–Crippen MR) is 111 cm³/mol. The van der Waals surface area contributed by atoms with E-state index >= 15 is 0 Å². The summed E-state index contributed by atoms with van der Waals surface area (Å²) in [6.45, 7) is 7.15. The minimum atomic E-state index is -0.131. The van der Waals surface area contributed by atoms with Gasteiger partial charge in [-0.15, -0.1) is 0 Å². The number of rotatable bonds is 6. The van der Waals surface area contributed by atoms with Gasteiger partial charge in [0.2, 0.25) is 0 Å². The third-order valence-electron chi connectivity index (χ3n) is 6.48. The van der Waals surface area contributed by atoms with Crippen LogP contribution in [0.1, 0.15) is 30.4 Å². The molecule has 4 heteroatoms. The van der Waals surface area contributed by atoms with Crippen LogP contribution in [0.25, 0.3) is 0 Å².